The van der Waals surface area contributed by atoms with E-state index in [9.17, 15) is 9.59 Å². The standard InChI is InChI=1S/C19H17N5O3/c1-12(25)27-15-8-7-14(9-15)24-11-22-16-17(20-10-21-18(16)24)23-19(26)13-5-3-2-4-6-13/h2-8,10-11,14-15H,9H2,1H3,(H,20,21,23,26)/t14-,15+/m0/s1. The molecule has 0 saturated carbocycles. The van der Waals surface area contributed by atoms with Crippen LogP contribution in [-0.4, -0.2) is 37.5 Å². The van der Waals surface area contributed by atoms with Gasteiger partial charge in [-0.15, -0.1) is 0 Å². The lowest BCUT2D eigenvalue weighted by Crippen LogP contribution is -2.15. The van der Waals surface area contributed by atoms with E-state index >= 15 is 0 Å². The average Bonchev–Trinajstić information content (AvgIpc) is 3.29. The fourth-order valence-corrected chi connectivity index (χ4v) is 3.11. The van der Waals surface area contributed by atoms with Crippen molar-refractivity contribution in [3.63, 3.8) is 0 Å². The lowest BCUT2D eigenvalue weighted by Gasteiger charge is -2.14. The van der Waals surface area contributed by atoms with Crippen molar-refractivity contribution in [2.75, 3.05) is 5.32 Å². The maximum atomic E-state index is 12.4. The van der Waals surface area contributed by atoms with Crippen LogP contribution >= 0.6 is 0 Å². The number of ether oxygens (including phenoxy) is 1. The largest absolute Gasteiger partial charge is 0.458 e. The maximum Gasteiger partial charge on any atom is 0.303 e. The van der Waals surface area contributed by atoms with E-state index < -0.39 is 0 Å². The predicted molar refractivity (Wildman–Crippen MR) is 98.1 cm³/mol. The molecule has 1 N–H and O–H groups in total. The third-order valence-corrected chi connectivity index (χ3v) is 4.32. The van der Waals surface area contributed by atoms with E-state index in [4.69, 9.17) is 4.74 Å². The second-order valence-corrected chi connectivity index (χ2v) is 6.20. The number of allylic oxidation sites excluding steroid dienone is 1. The number of rotatable bonds is 4. The molecule has 1 aromatic carbocycles. The summed E-state index contributed by atoms with van der Waals surface area (Å²) in [5.74, 6) is -0.221. The van der Waals surface area contributed by atoms with Crippen LogP contribution in [0.15, 0.2) is 55.1 Å². The van der Waals surface area contributed by atoms with Gasteiger partial charge in [0.15, 0.2) is 17.0 Å². The molecule has 1 aliphatic carbocycles. The number of esters is 1. The first-order valence-corrected chi connectivity index (χ1v) is 8.51. The van der Waals surface area contributed by atoms with Crippen LogP contribution in [0, 0.1) is 0 Å². The molecule has 3 aromatic rings. The normalized spacial score (nSPS) is 18.6. The summed E-state index contributed by atoms with van der Waals surface area (Å²) in [5.41, 5.74) is 1.64. The van der Waals surface area contributed by atoms with E-state index in [1.165, 1.54) is 13.3 Å². The van der Waals surface area contributed by atoms with Gasteiger partial charge in [-0.3, -0.25) is 9.59 Å². The minimum atomic E-state index is -0.311. The van der Waals surface area contributed by atoms with Crippen LogP contribution in [0.25, 0.3) is 11.2 Å². The minimum Gasteiger partial charge on any atom is -0.458 e. The van der Waals surface area contributed by atoms with Crippen LogP contribution in [0.5, 0.6) is 0 Å². The van der Waals surface area contributed by atoms with E-state index in [-0.39, 0.29) is 24.0 Å². The zero-order valence-electron chi connectivity index (χ0n) is 14.6. The number of nitrogens with one attached hydrogen (secondary N) is 1. The number of benzene rings is 1. The summed E-state index contributed by atoms with van der Waals surface area (Å²) in [7, 11) is 0. The van der Waals surface area contributed by atoms with Gasteiger partial charge in [0.05, 0.1) is 12.4 Å². The molecule has 0 radical (unpaired) electrons. The Morgan fingerprint density at radius 3 is 2.74 bits per heavy atom. The van der Waals surface area contributed by atoms with Gasteiger partial charge in [0, 0.05) is 18.9 Å². The molecule has 8 nitrogen and oxygen atoms in total. The number of hydrogen-bond acceptors (Lipinski definition) is 6. The summed E-state index contributed by atoms with van der Waals surface area (Å²) in [4.78, 5) is 36.4. The summed E-state index contributed by atoms with van der Waals surface area (Å²) < 4.78 is 7.11. The van der Waals surface area contributed by atoms with Crippen molar-refractivity contribution in [3.8, 4) is 0 Å². The van der Waals surface area contributed by atoms with E-state index in [0.717, 1.165) is 0 Å². The molecular formula is C19H17N5O3. The second-order valence-electron chi connectivity index (χ2n) is 6.20. The number of carbonyl (C=O) groups is 2. The molecule has 27 heavy (non-hydrogen) atoms. The summed E-state index contributed by atoms with van der Waals surface area (Å²) in [5, 5.41) is 2.79. The van der Waals surface area contributed by atoms with Crippen molar-refractivity contribution in [3.05, 3.63) is 60.7 Å². The van der Waals surface area contributed by atoms with E-state index in [0.29, 0.717) is 29.0 Å². The number of hydrogen-bond donors (Lipinski definition) is 1. The Morgan fingerprint density at radius 2 is 1.96 bits per heavy atom. The molecule has 0 unspecified atom stereocenters. The van der Waals surface area contributed by atoms with Gasteiger partial charge in [0.25, 0.3) is 5.91 Å². The van der Waals surface area contributed by atoms with Gasteiger partial charge >= 0.3 is 5.97 Å². The SMILES string of the molecule is CC(=O)O[C@@H]1C=C[C@H](n2cnc3c(NC(=O)c4ccccc4)ncnc32)C1. The van der Waals surface area contributed by atoms with Crippen molar-refractivity contribution in [2.24, 2.45) is 0 Å². The molecule has 0 spiro atoms. The highest BCUT2D eigenvalue weighted by atomic mass is 16.5. The highest BCUT2D eigenvalue weighted by molar-refractivity contribution is 6.06. The van der Waals surface area contributed by atoms with E-state index in [1.54, 1.807) is 30.6 Å². The molecule has 1 amide bonds. The molecule has 8 heteroatoms. The van der Waals surface area contributed by atoms with Crippen LogP contribution in [0.2, 0.25) is 0 Å². The minimum absolute atomic E-state index is 0.0353. The molecule has 2 heterocycles. The molecule has 136 valence electrons. The Hall–Kier alpha value is -3.55. The van der Waals surface area contributed by atoms with Crippen LogP contribution in [0.1, 0.15) is 29.7 Å². The first-order valence-electron chi connectivity index (χ1n) is 8.51. The second kappa shape index (κ2) is 6.99. The molecule has 2 aromatic heterocycles. The van der Waals surface area contributed by atoms with Gasteiger partial charge in [-0.1, -0.05) is 24.3 Å². The Labute approximate surface area is 154 Å². The molecule has 2 atom stereocenters. The van der Waals surface area contributed by atoms with Crippen LogP contribution in [-0.2, 0) is 9.53 Å². The molecule has 0 aliphatic heterocycles. The Bertz CT molecular complexity index is 1030. The molecule has 4 rings (SSSR count). The third kappa shape index (κ3) is 3.41. The number of amides is 1. The quantitative estimate of drug-likeness (QED) is 0.565. The first kappa shape index (κ1) is 16.9. The molecular weight excluding hydrogens is 346 g/mol. The van der Waals surface area contributed by atoms with Gasteiger partial charge in [-0.2, -0.15) is 0 Å². The Kier molecular flexibility index (Phi) is 4.37. The molecule has 1 aliphatic rings. The highest BCUT2D eigenvalue weighted by Gasteiger charge is 2.25. The Balaban J connectivity index is 1.58. The van der Waals surface area contributed by atoms with Crippen LogP contribution < -0.4 is 5.32 Å². The lowest BCUT2D eigenvalue weighted by atomic mass is 10.2. The maximum absolute atomic E-state index is 12.4. The summed E-state index contributed by atoms with van der Waals surface area (Å²) in [6.07, 6.45) is 7.22. The molecule has 0 fully saturated rings. The predicted octanol–water partition coefficient (Wildman–Crippen LogP) is 2.51. The summed E-state index contributed by atoms with van der Waals surface area (Å²) in [6.45, 7) is 1.39. The smallest absolute Gasteiger partial charge is 0.303 e. The number of anilines is 1. The van der Waals surface area contributed by atoms with Crippen molar-refractivity contribution in [1.82, 2.24) is 19.5 Å². The molecule has 0 saturated heterocycles. The zero-order valence-corrected chi connectivity index (χ0v) is 14.6. The fourth-order valence-electron chi connectivity index (χ4n) is 3.11. The number of carbonyl (C=O) groups excluding carboxylic acids is 2. The number of nitrogens with zero attached hydrogens (tertiary/aromatic N) is 4. The average molecular weight is 363 g/mol. The van der Waals surface area contributed by atoms with Gasteiger partial charge < -0.3 is 14.6 Å². The van der Waals surface area contributed by atoms with Gasteiger partial charge in [-0.05, 0) is 18.2 Å². The van der Waals surface area contributed by atoms with Crippen molar-refractivity contribution in [1.29, 1.82) is 0 Å². The summed E-state index contributed by atoms with van der Waals surface area (Å²) >= 11 is 0. The van der Waals surface area contributed by atoms with Gasteiger partial charge in [-0.25, -0.2) is 15.0 Å². The summed E-state index contributed by atoms with van der Waals surface area (Å²) in [6, 6.07) is 8.86. The van der Waals surface area contributed by atoms with E-state index in [1.807, 2.05) is 22.8 Å². The fraction of sp³-hybridized carbons (Fsp3) is 0.211. The zero-order chi connectivity index (χ0) is 18.8. The van der Waals surface area contributed by atoms with Crippen molar-refractivity contribution < 1.29 is 14.3 Å². The number of imidazole rings is 1. The van der Waals surface area contributed by atoms with Gasteiger partial charge in [0.1, 0.15) is 12.4 Å². The topological polar surface area (TPSA) is 99.0 Å². The number of fused-ring (bicyclic) bond motifs is 1. The highest BCUT2D eigenvalue weighted by Crippen LogP contribution is 2.29. The third-order valence-electron chi connectivity index (χ3n) is 4.32. The van der Waals surface area contributed by atoms with Crippen LogP contribution in [0.4, 0.5) is 5.82 Å². The van der Waals surface area contributed by atoms with Crippen LogP contribution in [0.3, 0.4) is 0 Å². The van der Waals surface area contributed by atoms with Crippen molar-refractivity contribution >= 4 is 28.9 Å². The number of aromatic nitrogens is 4. The first-order chi connectivity index (χ1) is 13.1. The van der Waals surface area contributed by atoms with Crippen molar-refractivity contribution in [2.45, 2.75) is 25.5 Å². The monoisotopic (exact) mass is 363 g/mol. The van der Waals surface area contributed by atoms with E-state index in [2.05, 4.69) is 20.3 Å². The Morgan fingerprint density at radius 1 is 1.15 bits per heavy atom. The lowest BCUT2D eigenvalue weighted by molar-refractivity contribution is -0.144. The molecule has 0 bridgehead atoms. The van der Waals surface area contributed by atoms with Gasteiger partial charge in [0.2, 0.25) is 0 Å².